The molecule has 0 saturated carbocycles. The molecule has 3 fully saturated rings. The Morgan fingerprint density at radius 1 is 0.615 bits per heavy atom. The monoisotopic (exact) mass is 730 g/mol. The van der Waals surface area contributed by atoms with E-state index in [0.717, 1.165) is 26.3 Å². The van der Waals surface area contributed by atoms with Crippen LogP contribution in [0.3, 0.4) is 0 Å². The minimum absolute atomic E-state index is 0.000751. The first kappa shape index (κ1) is 38.8. The Bertz CT molecular complexity index is 1540. The Morgan fingerprint density at radius 2 is 1.17 bits per heavy atom. The number of carbonyl (C=O) groups is 5. The van der Waals surface area contributed by atoms with E-state index in [4.69, 9.17) is 52.1 Å². The highest BCUT2D eigenvalue weighted by molar-refractivity contribution is 5.68. The van der Waals surface area contributed by atoms with Gasteiger partial charge in [-0.15, -0.1) is 0 Å². The van der Waals surface area contributed by atoms with Gasteiger partial charge in [-0.2, -0.15) is 0 Å². The fraction of sp³-hybridized carbons (Fsp3) is 0.528. The van der Waals surface area contributed by atoms with E-state index in [1.165, 1.54) is 13.8 Å². The normalized spacial score (nSPS) is 31.3. The first-order chi connectivity index (χ1) is 24.9. The lowest BCUT2D eigenvalue weighted by molar-refractivity contribution is -0.386. The molecule has 3 aliphatic heterocycles. The van der Waals surface area contributed by atoms with Crippen LogP contribution in [0.2, 0.25) is 0 Å². The molecule has 0 amide bonds. The van der Waals surface area contributed by atoms with E-state index >= 15 is 0 Å². The van der Waals surface area contributed by atoms with Gasteiger partial charge in [-0.3, -0.25) is 24.0 Å². The number of benzene rings is 2. The summed E-state index contributed by atoms with van der Waals surface area (Å²) in [7, 11) is 0. The third-order valence-corrected chi connectivity index (χ3v) is 8.15. The van der Waals surface area contributed by atoms with Crippen LogP contribution >= 0.6 is 0 Å². The summed E-state index contributed by atoms with van der Waals surface area (Å²) in [4.78, 5) is 62.0. The molecule has 16 heteroatoms. The SMILES string of the molecule is CC(=O)OC[C@H]1O[C@@H](OCc2ccccc2)[C@H](OC(C)=O)[C@@H](OC(C)=O)[C@@H]1O[C@@H]1O[C@@H]2CO[C@@H](c3ccccc3)O[C@H]2[C@H](OC(C)=O)[C@H]1OC(C)=O. The van der Waals surface area contributed by atoms with Gasteiger partial charge in [0.05, 0.1) is 13.2 Å². The molecule has 3 aliphatic rings. The molecule has 0 unspecified atom stereocenters. The van der Waals surface area contributed by atoms with Gasteiger partial charge in [0.1, 0.15) is 31.0 Å². The van der Waals surface area contributed by atoms with Crippen molar-refractivity contribution in [1.29, 1.82) is 0 Å². The molecule has 282 valence electrons. The maximum Gasteiger partial charge on any atom is 0.303 e. The van der Waals surface area contributed by atoms with Crippen molar-refractivity contribution in [1.82, 2.24) is 0 Å². The highest BCUT2D eigenvalue weighted by Gasteiger charge is 2.58. The van der Waals surface area contributed by atoms with Crippen molar-refractivity contribution in [3.63, 3.8) is 0 Å². The second-order valence-electron chi connectivity index (χ2n) is 12.3. The second-order valence-corrected chi connectivity index (χ2v) is 12.3. The van der Waals surface area contributed by atoms with Crippen LogP contribution in [0.5, 0.6) is 0 Å². The van der Waals surface area contributed by atoms with Gasteiger partial charge < -0.3 is 52.1 Å². The molecule has 2 aromatic carbocycles. The van der Waals surface area contributed by atoms with Crippen LogP contribution in [0.4, 0.5) is 0 Å². The summed E-state index contributed by atoms with van der Waals surface area (Å²) in [6.07, 6.45) is -14.0. The molecule has 3 heterocycles. The molecule has 0 radical (unpaired) electrons. The summed E-state index contributed by atoms with van der Waals surface area (Å²) in [5.74, 6) is -3.70. The predicted octanol–water partition coefficient (Wildman–Crippen LogP) is 2.44. The van der Waals surface area contributed by atoms with Gasteiger partial charge in [-0.25, -0.2) is 0 Å². The van der Waals surface area contributed by atoms with E-state index in [9.17, 15) is 24.0 Å². The number of esters is 5. The predicted molar refractivity (Wildman–Crippen MR) is 172 cm³/mol. The quantitative estimate of drug-likeness (QED) is 0.229. The molecule has 0 spiro atoms. The topological polar surface area (TPSA) is 187 Å². The molecule has 16 nitrogen and oxygen atoms in total. The summed E-state index contributed by atoms with van der Waals surface area (Å²) in [5, 5.41) is 0. The summed E-state index contributed by atoms with van der Waals surface area (Å²) >= 11 is 0. The molecular weight excluding hydrogens is 688 g/mol. The zero-order valence-electron chi connectivity index (χ0n) is 29.3. The van der Waals surface area contributed by atoms with Crippen LogP contribution in [0.1, 0.15) is 52.0 Å². The molecule has 2 aromatic rings. The highest BCUT2D eigenvalue weighted by atomic mass is 16.8. The number of fused-ring (bicyclic) bond motifs is 1. The maximum atomic E-state index is 12.6. The zero-order chi connectivity index (χ0) is 37.4. The van der Waals surface area contributed by atoms with Crippen LogP contribution in [-0.4, -0.2) is 104 Å². The zero-order valence-corrected chi connectivity index (χ0v) is 29.3. The first-order valence-corrected chi connectivity index (χ1v) is 16.7. The van der Waals surface area contributed by atoms with Gasteiger partial charge >= 0.3 is 29.8 Å². The fourth-order valence-electron chi connectivity index (χ4n) is 6.14. The Labute approximate surface area is 299 Å². The summed E-state index contributed by atoms with van der Waals surface area (Å²) in [6.45, 7) is 5.29. The Hall–Kier alpha value is -4.45. The van der Waals surface area contributed by atoms with E-state index in [2.05, 4.69) is 0 Å². The second kappa shape index (κ2) is 17.9. The van der Waals surface area contributed by atoms with Crippen molar-refractivity contribution in [2.45, 2.75) is 109 Å². The molecular formula is C36H42O16. The van der Waals surface area contributed by atoms with Crippen molar-refractivity contribution < 1.29 is 76.1 Å². The lowest BCUT2D eigenvalue weighted by atomic mass is 9.95. The lowest BCUT2D eigenvalue weighted by Gasteiger charge is -2.50. The van der Waals surface area contributed by atoms with Crippen molar-refractivity contribution in [3.8, 4) is 0 Å². The summed E-state index contributed by atoms with van der Waals surface area (Å²) in [6, 6.07) is 18.1. The number of hydrogen-bond donors (Lipinski definition) is 0. The smallest absolute Gasteiger partial charge is 0.303 e. The summed E-state index contributed by atoms with van der Waals surface area (Å²) in [5.41, 5.74) is 1.44. The molecule has 3 saturated heterocycles. The van der Waals surface area contributed by atoms with Crippen molar-refractivity contribution in [3.05, 3.63) is 71.8 Å². The molecule has 11 atom stereocenters. The third-order valence-electron chi connectivity index (χ3n) is 8.15. The minimum Gasteiger partial charge on any atom is -0.463 e. The molecule has 52 heavy (non-hydrogen) atoms. The largest absolute Gasteiger partial charge is 0.463 e. The molecule has 0 bridgehead atoms. The average Bonchev–Trinajstić information content (AvgIpc) is 3.09. The van der Waals surface area contributed by atoms with E-state index < -0.39 is 104 Å². The van der Waals surface area contributed by atoms with E-state index in [1.54, 1.807) is 48.5 Å². The van der Waals surface area contributed by atoms with Crippen LogP contribution < -0.4 is 0 Å². The van der Waals surface area contributed by atoms with Gasteiger partial charge in [0.2, 0.25) is 0 Å². The third kappa shape index (κ3) is 10.1. The van der Waals surface area contributed by atoms with Gasteiger partial charge in [-0.1, -0.05) is 60.7 Å². The van der Waals surface area contributed by atoms with Crippen LogP contribution in [0, 0.1) is 0 Å². The van der Waals surface area contributed by atoms with Crippen molar-refractivity contribution in [2.75, 3.05) is 13.2 Å². The van der Waals surface area contributed by atoms with Gasteiger partial charge in [0.25, 0.3) is 0 Å². The number of ether oxygens (including phenoxy) is 11. The van der Waals surface area contributed by atoms with Gasteiger partial charge in [0, 0.05) is 40.2 Å². The van der Waals surface area contributed by atoms with Crippen LogP contribution in [0.15, 0.2) is 60.7 Å². The van der Waals surface area contributed by atoms with E-state index in [0.29, 0.717) is 5.56 Å². The molecule has 0 aliphatic carbocycles. The van der Waals surface area contributed by atoms with Crippen molar-refractivity contribution >= 4 is 29.8 Å². The van der Waals surface area contributed by atoms with Gasteiger partial charge in [-0.05, 0) is 5.56 Å². The van der Waals surface area contributed by atoms with Crippen LogP contribution in [0.25, 0.3) is 0 Å². The maximum absolute atomic E-state index is 12.6. The van der Waals surface area contributed by atoms with Crippen molar-refractivity contribution in [2.24, 2.45) is 0 Å². The minimum atomic E-state index is -1.55. The number of rotatable bonds is 12. The Kier molecular flexibility index (Phi) is 13.3. The Balaban J connectivity index is 1.50. The molecule has 5 rings (SSSR count). The number of carbonyl (C=O) groups excluding carboxylic acids is 5. The van der Waals surface area contributed by atoms with E-state index in [-0.39, 0.29) is 13.2 Å². The molecule has 0 aromatic heterocycles. The van der Waals surface area contributed by atoms with Crippen LogP contribution in [-0.2, 0) is 82.7 Å². The Morgan fingerprint density at radius 3 is 1.77 bits per heavy atom. The standard InChI is InChI=1S/C36H42O16/c1-19(37)42-17-26-29(30(45-20(2)38)32(47-22(4)40)35(49-26)43-16-24-12-8-6-9-13-24)52-36-33(48-23(5)41)31(46-21(3)39)28-27(50-36)18-44-34(51-28)25-14-10-7-11-15-25/h6-15,26-36H,16-18H2,1-5H3/t26-,27-,28-,29-,30+,31+,32-,33-,34-,35-,36+/m1/s1. The van der Waals surface area contributed by atoms with E-state index in [1.807, 2.05) is 12.1 Å². The first-order valence-electron chi connectivity index (χ1n) is 16.7. The molecule has 0 N–H and O–H groups in total. The lowest BCUT2D eigenvalue weighted by Crippen LogP contribution is -2.67. The fourth-order valence-corrected chi connectivity index (χ4v) is 6.14. The highest BCUT2D eigenvalue weighted by Crippen LogP contribution is 2.39. The van der Waals surface area contributed by atoms with Gasteiger partial charge in [0.15, 0.2) is 43.3 Å². The summed E-state index contributed by atoms with van der Waals surface area (Å²) < 4.78 is 65.2. The average molecular weight is 731 g/mol. The number of hydrogen-bond acceptors (Lipinski definition) is 16.